The van der Waals surface area contributed by atoms with E-state index in [1.807, 2.05) is 0 Å². The van der Waals surface area contributed by atoms with E-state index in [9.17, 15) is 18.8 Å². The van der Waals surface area contributed by atoms with Crippen LogP contribution in [0.25, 0.3) is 0 Å². The average Bonchev–Trinajstić information content (AvgIpc) is 2.85. The second kappa shape index (κ2) is 4.21. The number of hydrogen-bond donors (Lipinski definition) is 1. The van der Waals surface area contributed by atoms with Crippen LogP contribution in [0.2, 0.25) is 0 Å². The first kappa shape index (κ1) is 12.2. The number of aliphatic hydroxyl groups excluding tert-OH is 1. The monoisotopic (exact) mass is 261 g/mol. The zero-order chi connectivity index (χ0) is 11.8. The molecule has 4 nitrogen and oxygen atoms in total. The maximum absolute atomic E-state index is 11.5. The minimum absolute atomic E-state index is 0.0392. The van der Waals surface area contributed by atoms with Crippen LogP contribution in [0.4, 0.5) is 0 Å². The molecular weight excluding hydrogens is 246 g/mol. The van der Waals surface area contributed by atoms with Crippen molar-refractivity contribution in [2.75, 3.05) is 23.0 Å². The van der Waals surface area contributed by atoms with Crippen molar-refractivity contribution < 1.29 is 13.5 Å². The normalized spacial score (nSPS) is 39.4. The van der Waals surface area contributed by atoms with Gasteiger partial charge in [0.2, 0.25) is 0 Å². The van der Waals surface area contributed by atoms with Gasteiger partial charge in [0.05, 0.1) is 29.1 Å². The van der Waals surface area contributed by atoms with Crippen LogP contribution < -0.4 is 0 Å². The van der Waals surface area contributed by atoms with E-state index in [1.165, 1.54) is 0 Å². The Bertz CT molecular complexity index is 408. The third kappa shape index (κ3) is 2.08. The predicted octanol–water partition coefficient (Wildman–Crippen LogP) is 0.429. The van der Waals surface area contributed by atoms with Crippen LogP contribution in [0.1, 0.15) is 12.8 Å². The summed E-state index contributed by atoms with van der Waals surface area (Å²) in [6.45, 7) is 0. The molecule has 0 radical (unpaired) electrons. The molecule has 0 bridgehead atoms. The summed E-state index contributed by atoms with van der Waals surface area (Å²) < 4.78 is 22.9. The summed E-state index contributed by atoms with van der Waals surface area (Å²) >= 11 is 1.76. The second-order valence-corrected chi connectivity index (χ2v) is 8.01. The first-order valence-corrected chi connectivity index (χ1v) is 8.34. The van der Waals surface area contributed by atoms with Crippen molar-refractivity contribution >= 4 is 21.6 Å². The molecule has 0 spiro atoms. The minimum Gasteiger partial charge on any atom is -0.391 e. The molecule has 2 rings (SSSR count). The zero-order valence-corrected chi connectivity index (χ0v) is 10.6. The van der Waals surface area contributed by atoms with Crippen LogP contribution in [0, 0.1) is 22.7 Å². The molecule has 90 valence electrons. The Hall–Kier alpha value is -0.250. The summed E-state index contributed by atoms with van der Waals surface area (Å²) in [5, 5.41) is 19.4. The fraction of sp³-hybridized carbons (Fsp3) is 0.900. The third-order valence-electron chi connectivity index (χ3n) is 3.54. The number of thioether (sulfide) groups is 1. The van der Waals surface area contributed by atoms with Crippen molar-refractivity contribution in [3.63, 3.8) is 0 Å². The van der Waals surface area contributed by atoms with Gasteiger partial charge < -0.3 is 5.11 Å². The fourth-order valence-electron chi connectivity index (χ4n) is 2.51. The molecule has 2 saturated heterocycles. The van der Waals surface area contributed by atoms with Crippen molar-refractivity contribution in [1.82, 2.24) is 0 Å². The molecule has 0 amide bonds. The highest BCUT2D eigenvalue weighted by Crippen LogP contribution is 2.41. The molecule has 0 aromatic carbocycles. The number of nitriles is 1. The van der Waals surface area contributed by atoms with Crippen molar-refractivity contribution in [2.24, 2.45) is 11.3 Å². The molecule has 2 fully saturated rings. The van der Waals surface area contributed by atoms with Crippen LogP contribution in [0.15, 0.2) is 0 Å². The topological polar surface area (TPSA) is 78.2 Å². The van der Waals surface area contributed by atoms with Gasteiger partial charge in [0.15, 0.2) is 9.84 Å². The van der Waals surface area contributed by atoms with Gasteiger partial charge in [-0.2, -0.15) is 17.0 Å². The molecule has 0 aromatic rings. The van der Waals surface area contributed by atoms with E-state index >= 15 is 0 Å². The Morgan fingerprint density at radius 2 is 2.31 bits per heavy atom. The Balaban J connectivity index is 2.19. The van der Waals surface area contributed by atoms with E-state index < -0.39 is 21.4 Å². The molecule has 2 aliphatic heterocycles. The van der Waals surface area contributed by atoms with Gasteiger partial charge in [0.1, 0.15) is 0 Å². The first-order chi connectivity index (χ1) is 7.49. The lowest BCUT2D eigenvalue weighted by molar-refractivity contribution is 0.0352. The molecule has 2 aliphatic rings. The second-order valence-electron chi connectivity index (χ2n) is 4.68. The molecule has 0 aliphatic carbocycles. The summed E-state index contributed by atoms with van der Waals surface area (Å²) in [7, 11) is -3.13. The molecule has 0 saturated carbocycles. The van der Waals surface area contributed by atoms with E-state index in [0.29, 0.717) is 0 Å². The SMILES string of the molecule is N#CC1(C(O)C2CCSC2)CCS(=O)(=O)C1. The molecule has 16 heavy (non-hydrogen) atoms. The smallest absolute Gasteiger partial charge is 0.152 e. The molecule has 1 N–H and O–H groups in total. The number of sulfone groups is 1. The van der Waals surface area contributed by atoms with Gasteiger partial charge in [-0.05, 0) is 30.3 Å². The number of rotatable bonds is 2. The Kier molecular flexibility index (Phi) is 3.21. The van der Waals surface area contributed by atoms with Crippen LogP contribution in [-0.4, -0.2) is 42.6 Å². The molecule has 6 heteroatoms. The van der Waals surface area contributed by atoms with E-state index in [2.05, 4.69) is 6.07 Å². The lowest BCUT2D eigenvalue weighted by atomic mass is 9.77. The van der Waals surface area contributed by atoms with E-state index in [0.717, 1.165) is 17.9 Å². The minimum atomic E-state index is -3.13. The zero-order valence-electron chi connectivity index (χ0n) is 8.92. The highest BCUT2D eigenvalue weighted by Gasteiger charge is 2.50. The van der Waals surface area contributed by atoms with E-state index in [-0.39, 0.29) is 23.8 Å². The van der Waals surface area contributed by atoms with Gasteiger partial charge >= 0.3 is 0 Å². The molecular formula is C10H15NO3S2. The first-order valence-electron chi connectivity index (χ1n) is 5.37. The summed E-state index contributed by atoms with van der Waals surface area (Å²) in [6.07, 6.45) is 0.383. The van der Waals surface area contributed by atoms with Gasteiger partial charge in [-0.15, -0.1) is 0 Å². The van der Waals surface area contributed by atoms with Crippen LogP contribution >= 0.6 is 11.8 Å². The maximum atomic E-state index is 11.5. The van der Waals surface area contributed by atoms with E-state index in [1.54, 1.807) is 11.8 Å². The van der Waals surface area contributed by atoms with Crippen molar-refractivity contribution in [3.05, 3.63) is 0 Å². The van der Waals surface area contributed by atoms with E-state index in [4.69, 9.17) is 0 Å². The summed E-state index contributed by atoms with van der Waals surface area (Å²) in [5.41, 5.74) is -1.05. The number of aliphatic hydroxyl groups is 1. The summed E-state index contributed by atoms with van der Waals surface area (Å²) in [4.78, 5) is 0. The molecule has 3 atom stereocenters. The van der Waals surface area contributed by atoms with Gasteiger partial charge in [0.25, 0.3) is 0 Å². The summed E-state index contributed by atoms with van der Waals surface area (Å²) in [5.74, 6) is 1.79. The van der Waals surface area contributed by atoms with Crippen LogP contribution in [0.3, 0.4) is 0 Å². The average molecular weight is 261 g/mol. The van der Waals surface area contributed by atoms with Gasteiger partial charge in [-0.3, -0.25) is 0 Å². The predicted molar refractivity (Wildman–Crippen MR) is 62.8 cm³/mol. The summed E-state index contributed by atoms with van der Waals surface area (Å²) in [6, 6.07) is 2.07. The Labute approximate surface area is 99.9 Å². The lowest BCUT2D eigenvalue weighted by Crippen LogP contribution is -2.40. The van der Waals surface area contributed by atoms with Gasteiger partial charge in [0, 0.05) is 0 Å². The van der Waals surface area contributed by atoms with Gasteiger partial charge in [-0.1, -0.05) is 0 Å². The number of hydrogen-bond acceptors (Lipinski definition) is 5. The lowest BCUT2D eigenvalue weighted by Gasteiger charge is -2.29. The highest BCUT2D eigenvalue weighted by atomic mass is 32.2. The molecule has 3 unspecified atom stereocenters. The maximum Gasteiger partial charge on any atom is 0.152 e. The largest absolute Gasteiger partial charge is 0.391 e. The molecule has 2 heterocycles. The quantitative estimate of drug-likeness (QED) is 0.780. The van der Waals surface area contributed by atoms with Gasteiger partial charge in [-0.25, -0.2) is 8.42 Å². The van der Waals surface area contributed by atoms with Crippen LogP contribution in [0.5, 0.6) is 0 Å². The fourth-order valence-corrected chi connectivity index (χ4v) is 5.79. The Morgan fingerprint density at radius 1 is 1.56 bits per heavy atom. The van der Waals surface area contributed by atoms with Crippen molar-refractivity contribution in [1.29, 1.82) is 5.26 Å². The van der Waals surface area contributed by atoms with Crippen molar-refractivity contribution in [3.8, 4) is 6.07 Å². The highest BCUT2D eigenvalue weighted by molar-refractivity contribution is 7.99. The van der Waals surface area contributed by atoms with Crippen molar-refractivity contribution in [2.45, 2.75) is 18.9 Å². The van der Waals surface area contributed by atoms with Crippen LogP contribution in [-0.2, 0) is 9.84 Å². The third-order valence-corrected chi connectivity index (χ3v) is 6.51. The number of nitrogens with zero attached hydrogens (tertiary/aromatic N) is 1. The molecule has 0 aromatic heterocycles. The standard InChI is InChI=1S/C10H15NO3S2/c11-6-10(2-4-16(13,14)7-10)9(12)8-1-3-15-5-8/h8-9,12H,1-5,7H2. The Morgan fingerprint density at radius 3 is 2.75 bits per heavy atom.